The van der Waals surface area contributed by atoms with E-state index in [2.05, 4.69) is 0 Å². The van der Waals surface area contributed by atoms with Crippen LogP contribution in [-0.4, -0.2) is 53.5 Å². The Balaban J connectivity index is 1.72. The van der Waals surface area contributed by atoms with Crippen LogP contribution in [0.15, 0.2) is 41.3 Å². The van der Waals surface area contributed by atoms with Crippen LogP contribution in [0.4, 0.5) is 4.79 Å². The van der Waals surface area contributed by atoms with Crippen molar-refractivity contribution in [1.29, 1.82) is 0 Å². The molecule has 0 saturated carbocycles. The van der Waals surface area contributed by atoms with E-state index in [1.54, 1.807) is 25.1 Å². The molecule has 1 fully saturated rings. The number of ether oxygens (including phenoxy) is 3. The fourth-order valence-corrected chi connectivity index (χ4v) is 4.66. The van der Waals surface area contributed by atoms with Gasteiger partial charge in [-0.3, -0.25) is 14.5 Å². The van der Waals surface area contributed by atoms with E-state index in [4.69, 9.17) is 19.3 Å². The number of halogens is 1. The zero-order valence-electron chi connectivity index (χ0n) is 18.0. The van der Waals surface area contributed by atoms with E-state index in [0.29, 0.717) is 33.0 Å². The average molecular weight is 583 g/mol. The smallest absolute Gasteiger partial charge is 0.341 e. The number of imide groups is 1. The first-order valence-electron chi connectivity index (χ1n) is 10.0. The molecule has 0 radical (unpaired) electrons. The van der Waals surface area contributed by atoms with Gasteiger partial charge < -0.3 is 19.3 Å². The number of hydrogen-bond acceptors (Lipinski definition) is 7. The van der Waals surface area contributed by atoms with Gasteiger partial charge in [-0.1, -0.05) is 12.1 Å². The number of nitrogens with zero attached hydrogens (tertiary/aromatic N) is 1. The van der Waals surface area contributed by atoms with Crippen LogP contribution < -0.4 is 14.2 Å². The van der Waals surface area contributed by atoms with Gasteiger partial charge in [0.05, 0.1) is 21.6 Å². The number of aryl methyl sites for hydroxylation is 1. The van der Waals surface area contributed by atoms with Crippen LogP contribution in [0.2, 0.25) is 0 Å². The highest BCUT2D eigenvalue weighted by Gasteiger charge is 2.35. The first kappa shape index (κ1) is 24.9. The molecule has 174 valence electrons. The van der Waals surface area contributed by atoms with Crippen LogP contribution in [0.25, 0.3) is 6.08 Å². The lowest BCUT2D eigenvalue weighted by molar-refractivity contribution is -0.139. The third kappa shape index (κ3) is 6.64. The molecule has 0 aromatic heterocycles. The fraction of sp³-hybridized carbons (Fsp3) is 0.261. The predicted octanol–water partition coefficient (Wildman–Crippen LogP) is 4.58. The minimum Gasteiger partial charge on any atom is -0.492 e. The monoisotopic (exact) mass is 583 g/mol. The van der Waals surface area contributed by atoms with E-state index in [1.165, 1.54) is 0 Å². The van der Waals surface area contributed by atoms with Crippen molar-refractivity contribution in [1.82, 2.24) is 4.90 Å². The lowest BCUT2D eigenvalue weighted by Gasteiger charge is -2.14. The molecule has 33 heavy (non-hydrogen) atoms. The number of hydrogen-bond donors (Lipinski definition) is 1. The van der Waals surface area contributed by atoms with E-state index in [1.807, 2.05) is 53.8 Å². The summed E-state index contributed by atoms with van der Waals surface area (Å²) in [6.45, 7) is 3.93. The molecule has 8 nitrogen and oxygen atoms in total. The first-order valence-corrected chi connectivity index (χ1v) is 11.9. The van der Waals surface area contributed by atoms with E-state index in [9.17, 15) is 14.4 Å². The highest BCUT2D eigenvalue weighted by atomic mass is 127. The number of rotatable bonds is 10. The molecule has 3 rings (SSSR count). The summed E-state index contributed by atoms with van der Waals surface area (Å²) in [5.41, 5.74) is 1.69. The molecule has 0 aliphatic carbocycles. The van der Waals surface area contributed by atoms with Gasteiger partial charge in [0.25, 0.3) is 11.1 Å². The molecular formula is C23H22INO7S. The molecular weight excluding hydrogens is 561 g/mol. The zero-order valence-corrected chi connectivity index (χ0v) is 21.0. The SMILES string of the molecule is CCOc1cc(/C=C2\SC(=O)N(CCOc3cccc(C)c3)C2=O)cc(I)c1OCC(=O)O. The standard InChI is InChI=1S/C23H22INO7S/c1-3-30-18-11-15(10-17(24)21(18)32-13-20(26)27)12-19-22(28)25(23(29)33-19)7-8-31-16-6-4-5-14(2)9-16/h4-6,9-12H,3,7-8,13H2,1-2H3,(H,26,27)/b19-12-. The molecule has 0 bridgehead atoms. The summed E-state index contributed by atoms with van der Waals surface area (Å²) < 4.78 is 17.2. The van der Waals surface area contributed by atoms with Crippen molar-refractivity contribution < 1.29 is 33.7 Å². The molecule has 1 saturated heterocycles. The largest absolute Gasteiger partial charge is 0.492 e. The second-order valence-corrected chi connectivity index (χ2v) is 9.10. The summed E-state index contributed by atoms with van der Waals surface area (Å²) in [4.78, 5) is 37.5. The van der Waals surface area contributed by atoms with Gasteiger partial charge in [0, 0.05) is 0 Å². The van der Waals surface area contributed by atoms with Gasteiger partial charge >= 0.3 is 5.97 Å². The Hall–Kier alpha value is -2.73. The van der Waals surface area contributed by atoms with Crippen molar-refractivity contribution in [3.05, 3.63) is 56.0 Å². The molecule has 2 aromatic rings. The van der Waals surface area contributed by atoms with Gasteiger partial charge in [-0.2, -0.15) is 0 Å². The topological polar surface area (TPSA) is 102 Å². The fourth-order valence-electron chi connectivity index (χ4n) is 3.01. The van der Waals surface area contributed by atoms with E-state index in [0.717, 1.165) is 22.2 Å². The molecule has 0 unspecified atom stereocenters. The summed E-state index contributed by atoms with van der Waals surface area (Å²) in [5.74, 6) is -0.128. The van der Waals surface area contributed by atoms with Crippen molar-refractivity contribution in [3.63, 3.8) is 0 Å². The van der Waals surface area contributed by atoms with E-state index in [-0.39, 0.29) is 23.3 Å². The van der Waals surface area contributed by atoms with Crippen LogP contribution in [0.3, 0.4) is 0 Å². The number of aliphatic carboxylic acids is 1. The average Bonchev–Trinajstić information content (AvgIpc) is 3.00. The van der Waals surface area contributed by atoms with Crippen molar-refractivity contribution in [2.24, 2.45) is 0 Å². The number of carbonyl (C=O) groups excluding carboxylic acids is 2. The van der Waals surface area contributed by atoms with E-state index >= 15 is 0 Å². The van der Waals surface area contributed by atoms with Crippen LogP contribution in [0, 0.1) is 10.5 Å². The minimum atomic E-state index is -1.10. The molecule has 1 aliphatic heterocycles. The number of benzene rings is 2. The highest BCUT2D eigenvalue weighted by molar-refractivity contribution is 14.1. The summed E-state index contributed by atoms with van der Waals surface area (Å²) in [6.07, 6.45) is 1.61. The van der Waals surface area contributed by atoms with E-state index < -0.39 is 18.5 Å². The number of carbonyl (C=O) groups is 3. The predicted molar refractivity (Wildman–Crippen MR) is 133 cm³/mol. The van der Waals surface area contributed by atoms with Gasteiger partial charge in [0.15, 0.2) is 18.1 Å². The van der Waals surface area contributed by atoms with Crippen molar-refractivity contribution in [2.45, 2.75) is 13.8 Å². The summed E-state index contributed by atoms with van der Waals surface area (Å²) in [7, 11) is 0. The lowest BCUT2D eigenvalue weighted by atomic mass is 10.2. The normalized spacial score (nSPS) is 14.6. The summed E-state index contributed by atoms with van der Waals surface area (Å²) in [5, 5.41) is 8.52. The highest BCUT2D eigenvalue weighted by Crippen LogP contribution is 2.37. The molecule has 0 atom stereocenters. The van der Waals surface area contributed by atoms with Gasteiger partial charge in [0.2, 0.25) is 0 Å². The van der Waals surface area contributed by atoms with Crippen LogP contribution in [-0.2, 0) is 9.59 Å². The molecule has 10 heteroatoms. The second kappa shape index (κ2) is 11.4. The number of amides is 2. The van der Waals surface area contributed by atoms with Gasteiger partial charge in [-0.05, 0) is 89.7 Å². The lowest BCUT2D eigenvalue weighted by Crippen LogP contribution is -2.32. The van der Waals surface area contributed by atoms with Gasteiger partial charge in [0.1, 0.15) is 12.4 Å². The molecule has 2 amide bonds. The van der Waals surface area contributed by atoms with Gasteiger partial charge in [-0.15, -0.1) is 0 Å². The third-order valence-electron chi connectivity index (χ3n) is 4.42. The quantitative estimate of drug-likeness (QED) is 0.321. The number of thioether (sulfide) groups is 1. The Bertz CT molecular complexity index is 1100. The van der Waals surface area contributed by atoms with Gasteiger partial charge in [-0.25, -0.2) is 4.79 Å². The maximum atomic E-state index is 12.8. The van der Waals surface area contributed by atoms with Crippen molar-refractivity contribution >= 4 is 57.5 Å². The maximum absolute atomic E-state index is 12.8. The molecule has 1 aliphatic rings. The second-order valence-electron chi connectivity index (χ2n) is 6.94. The number of carboxylic acid groups (broad SMARTS) is 1. The Morgan fingerprint density at radius 3 is 2.67 bits per heavy atom. The Kier molecular flexibility index (Phi) is 8.61. The van der Waals surface area contributed by atoms with Crippen molar-refractivity contribution in [2.75, 3.05) is 26.4 Å². The van der Waals surface area contributed by atoms with Crippen LogP contribution >= 0.6 is 34.4 Å². The zero-order chi connectivity index (χ0) is 24.0. The molecule has 2 aromatic carbocycles. The Labute approximate surface area is 209 Å². The molecule has 1 N–H and O–H groups in total. The first-order chi connectivity index (χ1) is 15.8. The Morgan fingerprint density at radius 2 is 1.97 bits per heavy atom. The minimum absolute atomic E-state index is 0.139. The van der Waals surface area contributed by atoms with Crippen molar-refractivity contribution in [3.8, 4) is 17.2 Å². The van der Waals surface area contributed by atoms with Crippen LogP contribution in [0.5, 0.6) is 17.2 Å². The Morgan fingerprint density at radius 1 is 1.18 bits per heavy atom. The summed E-state index contributed by atoms with van der Waals surface area (Å²) in [6, 6.07) is 10.9. The summed E-state index contributed by atoms with van der Waals surface area (Å²) >= 11 is 2.87. The van der Waals surface area contributed by atoms with Crippen LogP contribution in [0.1, 0.15) is 18.1 Å². The maximum Gasteiger partial charge on any atom is 0.341 e. The molecule has 1 heterocycles. The third-order valence-corrected chi connectivity index (χ3v) is 6.12. The number of carboxylic acids is 1. The molecule has 0 spiro atoms.